The summed E-state index contributed by atoms with van der Waals surface area (Å²) >= 11 is 21.9. The molecule has 1 atom stereocenters. The van der Waals surface area contributed by atoms with E-state index in [-0.39, 0.29) is 59.3 Å². The Labute approximate surface area is 770 Å². The van der Waals surface area contributed by atoms with Gasteiger partial charge in [-0.3, -0.25) is 9.59 Å². The number of thiol groups is 1. The number of para-hydroxylation sites is 3. The zero-order valence-electron chi connectivity index (χ0n) is 70.8. The van der Waals surface area contributed by atoms with Gasteiger partial charge in [0.25, 0.3) is 5.56 Å². The van der Waals surface area contributed by atoms with E-state index in [1.165, 1.54) is 54.5 Å². The molecule has 4 saturated carbocycles. The normalized spacial score (nSPS) is 15.6. The fraction of sp³-hybridized carbons (Fsp3) is 0.438. The van der Waals surface area contributed by atoms with Crippen molar-refractivity contribution in [2.24, 2.45) is 26.9 Å². The zero-order valence-corrected chi connectivity index (χ0v) is 80.6. The number of carboxylic acids is 2. The number of piperidine rings is 2. The van der Waals surface area contributed by atoms with E-state index in [1.807, 2.05) is 50.2 Å². The number of aliphatic hydroxyl groups excluding tert-OH is 1. The third kappa shape index (κ3) is 31.1. The number of hydrogen-bond acceptors (Lipinski definition) is 21. The van der Waals surface area contributed by atoms with Crippen molar-refractivity contribution >= 4 is 184 Å². The van der Waals surface area contributed by atoms with Crippen molar-refractivity contribution in [1.82, 2.24) is 31.4 Å². The molecule has 1 unspecified atom stereocenters. The molecule has 122 heavy (non-hydrogen) atoms. The Morgan fingerprint density at radius 1 is 0.639 bits per heavy atom. The van der Waals surface area contributed by atoms with Crippen LogP contribution in [0.25, 0.3) is 21.8 Å². The Kier molecular flexibility index (Phi) is 44.1. The van der Waals surface area contributed by atoms with Gasteiger partial charge in [0, 0.05) is 90.1 Å². The number of aliphatic hydroxyl groups is 1. The Bertz CT molecular complexity index is 5090. The van der Waals surface area contributed by atoms with Gasteiger partial charge in [0.05, 0.1) is 47.5 Å². The summed E-state index contributed by atoms with van der Waals surface area (Å²) in [6, 6.07) is 37.1. The molecule has 9 aromatic rings. The van der Waals surface area contributed by atoms with Crippen LogP contribution in [0.15, 0.2) is 147 Å². The Morgan fingerprint density at radius 2 is 1.11 bits per heavy atom. The number of carboxylic acid groups (broad SMARTS) is 2. The Balaban J connectivity index is 0.000000300. The van der Waals surface area contributed by atoms with Gasteiger partial charge in [-0.05, 0) is 272 Å². The molecule has 0 bridgehead atoms. The van der Waals surface area contributed by atoms with E-state index in [4.69, 9.17) is 67.6 Å². The Hall–Kier alpha value is -7.21. The minimum absolute atomic E-state index is 0. The maximum atomic E-state index is 11.9. The molecule has 0 spiro atoms. The van der Waals surface area contributed by atoms with Crippen LogP contribution in [0.1, 0.15) is 212 Å². The number of aromatic carboxylic acids is 2. The summed E-state index contributed by atoms with van der Waals surface area (Å²) in [4.78, 5) is 67.4. The van der Waals surface area contributed by atoms with Crippen LogP contribution in [0.4, 0.5) is 22.9 Å². The molecule has 7 aromatic carbocycles. The van der Waals surface area contributed by atoms with E-state index in [1.54, 1.807) is 46.3 Å². The van der Waals surface area contributed by atoms with Crippen LogP contribution in [0.5, 0.6) is 11.5 Å². The zero-order chi connectivity index (χ0) is 86.5. The summed E-state index contributed by atoms with van der Waals surface area (Å²) in [6.45, 7) is 26.4. The first-order valence-electron chi connectivity index (χ1n) is 39.6. The summed E-state index contributed by atoms with van der Waals surface area (Å²) in [7, 11) is 6.34. The van der Waals surface area contributed by atoms with Crippen LogP contribution in [0.2, 0.25) is 18.1 Å². The molecule has 16 rings (SSSR count). The average Bonchev–Trinajstić information content (AvgIpc) is 0.972. The van der Waals surface area contributed by atoms with Crippen LogP contribution >= 0.6 is 101 Å². The summed E-state index contributed by atoms with van der Waals surface area (Å²) in [5, 5.41) is 32.6. The number of fused-ring (bicyclic) bond motifs is 3. The fourth-order valence-corrected chi connectivity index (χ4v) is 16.8. The van der Waals surface area contributed by atoms with Crippen molar-refractivity contribution < 1.29 is 53.8 Å². The molecule has 1 radical (unpaired) electrons. The quantitative estimate of drug-likeness (QED) is 0.0209. The number of anilines is 3. The van der Waals surface area contributed by atoms with Crippen LogP contribution in [-0.2, 0) is 14.0 Å². The van der Waals surface area contributed by atoms with Gasteiger partial charge in [-0.2, -0.15) is 0 Å². The number of ether oxygens (including phenoxy) is 3. The predicted molar refractivity (Wildman–Crippen MR) is 519 cm³/mol. The molecule has 33 heteroatoms. The second-order valence-corrected chi connectivity index (χ2v) is 40.8. The van der Waals surface area contributed by atoms with Gasteiger partial charge in [0.15, 0.2) is 14.2 Å². The van der Waals surface area contributed by atoms with Crippen LogP contribution in [0.3, 0.4) is 0 Å². The van der Waals surface area contributed by atoms with Crippen molar-refractivity contribution in [2.75, 3.05) is 69.9 Å². The molecule has 3 aliphatic heterocycles. The molecule has 4 aliphatic carbocycles. The molecule has 5 heterocycles. The van der Waals surface area contributed by atoms with Crippen molar-refractivity contribution in [3.8, 4) is 11.5 Å². The average molecular weight is 2010 g/mol. The minimum atomic E-state index is -1.51. The summed E-state index contributed by atoms with van der Waals surface area (Å²) < 4.78 is 28.5. The fourth-order valence-electron chi connectivity index (χ4n) is 13.2. The summed E-state index contributed by atoms with van der Waals surface area (Å²) in [5.74, 6) is 6.64. The van der Waals surface area contributed by atoms with E-state index in [0.29, 0.717) is 70.4 Å². The third-order valence-electron chi connectivity index (χ3n) is 21.5. The van der Waals surface area contributed by atoms with E-state index in [0.717, 1.165) is 174 Å². The van der Waals surface area contributed by atoms with Gasteiger partial charge < -0.3 is 78.0 Å². The molecule has 2 aromatic heterocycles. The number of methoxy groups -OCH3 is 2. The number of carbonyl (C=O) groups excluding carboxylic acids is 1. The number of hydrogen-bond donors (Lipinski definition) is 10. The van der Waals surface area contributed by atoms with Gasteiger partial charge in [0.1, 0.15) is 29.0 Å². The number of aromatic nitrogens is 4. The van der Waals surface area contributed by atoms with E-state index in [9.17, 15) is 24.3 Å². The van der Waals surface area contributed by atoms with E-state index < -0.39 is 26.5 Å². The van der Waals surface area contributed by atoms with Crippen molar-refractivity contribution in [1.29, 1.82) is 0 Å². The number of carbonyl (C=O) groups is 3. The molecule has 2 saturated heterocycles. The maximum absolute atomic E-state index is 11.9. The van der Waals surface area contributed by atoms with Crippen molar-refractivity contribution in [2.45, 2.75) is 188 Å². The molecule has 6 fully saturated rings. The number of nitrogens with zero attached hydrogens (tertiary/aromatic N) is 6. The number of nitrogens with one attached hydrogen (secondary N) is 2. The summed E-state index contributed by atoms with van der Waals surface area (Å²) in [5.41, 5.74) is 28.5. The first-order valence-corrected chi connectivity index (χ1v) is 46.5. The van der Waals surface area contributed by atoms with Gasteiger partial charge >= 0.3 is 36.7 Å². The second-order valence-electron chi connectivity index (χ2n) is 31.7. The number of nitrogen functional groups attached to an aromatic ring is 2. The molecule has 7 aliphatic rings. The number of aliphatic imine (C=N–C) groups is 1. The second kappa shape index (κ2) is 50.2. The SMILES string of the molecule is C.CC(C)(C)[Si](C)(C)OCCN.COc1ccccc1C1CCN(c2nc(C3CC3)nc3c(C)cc(Br)cc23)CC1.COc1ccccc1C1CCNCC1.Cc1cc(Br)cc(C(=O)O)c1N.Cc1cc(Br)cc2c(=O)[nH]c(C3CC3)nc12.Cc1cc(Br)cc2c1N=C(C1CC1)OC2O.Cc1cccc(C(=O)O)c1N.Cl.N.O.O=C(Cl)C1CC1.[B]=NS. The van der Waals surface area contributed by atoms with Gasteiger partial charge in [-0.15, -0.1) is 12.4 Å². The van der Waals surface area contributed by atoms with Gasteiger partial charge in [0.2, 0.25) is 11.5 Å². The van der Waals surface area contributed by atoms with Crippen molar-refractivity contribution in [3.05, 3.63) is 211 Å². The van der Waals surface area contributed by atoms with E-state index in [2.05, 4.69) is 203 Å². The molecular weight excluding hydrogens is 1890 g/mol. The Morgan fingerprint density at radius 3 is 1.59 bits per heavy atom. The number of nitrogens with two attached hydrogens (primary N) is 3. The molecule has 663 valence electrons. The van der Waals surface area contributed by atoms with Crippen LogP contribution in [-0.4, -0.2) is 133 Å². The van der Waals surface area contributed by atoms with Crippen LogP contribution in [0, 0.1) is 46.5 Å². The number of aryl methyl sites for hydroxylation is 5. The molecule has 0 amide bonds. The van der Waals surface area contributed by atoms with Crippen LogP contribution < -0.4 is 48.6 Å². The number of halogens is 6. The number of H-pyrrole nitrogens is 1. The molecular formula is C89H120BBr4Cl2N12O12SSi. The first-order chi connectivity index (χ1) is 56.0. The number of rotatable bonds is 14. The van der Waals surface area contributed by atoms with Gasteiger partial charge in [-0.1, -0.05) is 140 Å². The van der Waals surface area contributed by atoms with Gasteiger partial charge in [-0.25, -0.2) is 29.5 Å². The molecule has 16 N–H and O–H groups in total. The monoisotopic (exact) mass is 2010 g/mol. The predicted octanol–water partition coefficient (Wildman–Crippen LogP) is 21.2. The third-order valence-corrected chi connectivity index (χ3v) is 28.2. The standard InChI is InChI=1S/C24H26BrN3O.C12H11BrN2O.C12H12BrNO2.C12H17NO.C8H8BrNO2.C8H9NO2.C8H21NOSi.C4H5ClO.CH4.BHNS.ClH.H3N.H2O/c1-15-13-18(25)14-20-22(15)26-23(17-7-8-17)27-24(20)28-11-9-16(10-12-28)19-5-3-4-6-21(19)29-2;1-6-4-8(13)5-9-10(6)14-11(7-2-3-7)15-12(9)16;1-6-4-8(13)5-9-10(6)14-11(7-2-3-7)16-12(9)15;1-14-12-5-3-2-4-11(12)10-6-8-13-9-7-10;1-4-2-5(9)3-6(7(4)10)8(11)12;1-5-3-2-4-6(7(5)9)8(10)11;1-8(2,3)11(4,5)10-7-6-9;5-4(6)3-1-2-3;;1-2-3;;;/h3-6,13-14,16-17H,7-12H2,1-2H3;4-5,7H,2-3H2,1H3,(H,14,15,16);4-5,7,12,15H,2-3H2,1H3;2-5,10,13H,6-9H2,1H3;2-3H,10H2,1H3,(H,11,12);2-4H,9H2,1H3,(H,10,11);6-7,9H2,1-5H3;3H,1-2H2;1H4;3H;1H;1H3;1H2. The number of benzene rings is 7. The first kappa shape index (κ1) is 107. The number of aromatic amines is 1. The van der Waals surface area contributed by atoms with Crippen molar-refractivity contribution in [3.63, 3.8) is 0 Å². The van der Waals surface area contributed by atoms with E-state index >= 15 is 0 Å². The summed E-state index contributed by atoms with van der Waals surface area (Å²) in [6.07, 6.45) is 12.8. The molecule has 24 nitrogen and oxygen atoms in total. The topological polar surface area (TPSA) is 405 Å².